The summed E-state index contributed by atoms with van der Waals surface area (Å²) in [5, 5.41) is 3.33. The summed E-state index contributed by atoms with van der Waals surface area (Å²) in [5.74, 6) is 0.0105. The van der Waals surface area contributed by atoms with Crippen LogP contribution >= 0.6 is 0 Å². The molecule has 5 nitrogen and oxygen atoms in total. The fourth-order valence-electron chi connectivity index (χ4n) is 2.51. The van der Waals surface area contributed by atoms with Crippen molar-refractivity contribution in [2.24, 2.45) is 11.7 Å². The molecule has 0 saturated carbocycles. The maximum Gasteiger partial charge on any atom is 0.250 e. The maximum atomic E-state index is 11.2. The van der Waals surface area contributed by atoms with Gasteiger partial charge in [0.1, 0.15) is 0 Å². The van der Waals surface area contributed by atoms with Crippen LogP contribution in [0.1, 0.15) is 30.1 Å². The zero-order valence-electron chi connectivity index (χ0n) is 11.2. The maximum absolute atomic E-state index is 11.2. The van der Waals surface area contributed by atoms with Gasteiger partial charge in [-0.15, -0.1) is 0 Å². The Kier molecular flexibility index (Phi) is 4.27. The number of carbonyl (C=O) groups is 1. The van der Waals surface area contributed by atoms with Crippen molar-refractivity contribution in [1.82, 2.24) is 0 Å². The van der Waals surface area contributed by atoms with Crippen molar-refractivity contribution >= 4 is 17.3 Å². The minimum absolute atomic E-state index is 0.330. The first-order valence-corrected chi connectivity index (χ1v) is 6.66. The average Bonchev–Trinajstić information content (AvgIpc) is 2.84. The zero-order valence-corrected chi connectivity index (χ0v) is 11.2. The summed E-state index contributed by atoms with van der Waals surface area (Å²) in [6, 6.07) is 5.26. The van der Waals surface area contributed by atoms with Crippen LogP contribution in [0.4, 0.5) is 11.4 Å². The number of ether oxygens (including phenoxy) is 1. The van der Waals surface area contributed by atoms with Gasteiger partial charge >= 0.3 is 0 Å². The van der Waals surface area contributed by atoms with Crippen molar-refractivity contribution < 1.29 is 9.53 Å². The molecule has 19 heavy (non-hydrogen) atoms. The van der Waals surface area contributed by atoms with Crippen LogP contribution in [0.15, 0.2) is 18.2 Å². The first-order valence-electron chi connectivity index (χ1n) is 6.66. The Labute approximate surface area is 113 Å². The number of nitrogen functional groups attached to an aromatic ring is 1. The molecule has 5 N–H and O–H groups in total. The lowest BCUT2D eigenvalue weighted by Gasteiger charge is -2.18. The van der Waals surface area contributed by atoms with Gasteiger partial charge in [0, 0.05) is 30.4 Å². The summed E-state index contributed by atoms with van der Waals surface area (Å²) in [7, 11) is 0. The monoisotopic (exact) mass is 263 g/mol. The van der Waals surface area contributed by atoms with Gasteiger partial charge < -0.3 is 21.5 Å². The van der Waals surface area contributed by atoms with Crippen LogP contribution in [-0.2, 0) is 4.74 Å². The predicted molar refractivity (Wildman–Crippen MR) is 76.0 cm³/mol. The summed E-state index contributed by atoms with van der Waals surface area (Å²) in [5.41, 5.74) is 12.6. The second kappa shape index (κ2) is 5.93. The third kappa shape index (κ3) is 3.17. The second-order valence-corrected chi connectivity index (χ2v) is 4.91. The van der Waals surface area contributed by atoms with E-state index in [4.69, 9.17) is 16.2 Å². The molecule has 2 atom stereocenters. The number of anilines is 2. The number of hydrogen-bond donors (Lipinski definition) is 3. The van der Waals surface area contributed by atoms with Crippen LogP contribution in [-0.4, -0.2) is 25.2 Å². The molecule has 1 fully saturated rings. The molecule has 1 aliphatic rings. The van der Waals surface area contributed by atoms with Crippen molar-refractivity contribution in [3.63, 3.8) is 0 Å². The van der Waals surface area contributed by atoms with Gasteiger partial charge in [-0.2, -0.15) is 0 Å². The third-order valence-electron chi connectivity index (χ3n) is 3.64. The molecule has 1 amide bonds. The number of primary amides is 1. The summed E-state index contributed by atoms with van der Waals surface area (Å²) in [6.07, 6.45) is 2.43. The van der Waals surface area contributed by atoms with E-state index < -0.39 is 5.91 Å². The van der Waals surface area contributed by atoms with Crippen LogP contribution in [0, 0.1) is 5.92 Å². The highest BCUT2D eigenvalue weighted by Crippen LogP contribution is 2.24. The lowest BCUT2D eigenvalue weighted by atomic mass is 9.99. The Morgan fingerprint density at radius 2 is 2.32 bits per heavy atom. The molecule has 0 aromatic heterocycles. The normalized spacial score (nSPS) is 22.4. The van der Waals surface area contributed by atoms with Crippen LogP contribution in [0.25, 0.3) is 0 Å². The number of nitrogens with two attached hydrogens (primary N) is 2. The number of nitrogens with one attached hydrogen (secondary N) is 1. The highest BCUT2D eigenvalue weighted by atomic mass is 16.5. The summed E-state index contributed by atoms with van der Waals surface area (Å²) in [6.45, 7) is 3.80. The Hall–Kier alpha value is -1.75. The molecular weight excluding hydrogens is 242 g/mol. The predicted octanol–water partition coefficient (Wildman–Crippen LogP) is 1.59. The van der Waals surface area contributed by atoms with Crippen molar-refractivity contribution in [1.29, 1.82) is 0 Å². The molecule has 1 saturated heterocycles. The van der Waals surface area contributed by atoms with E-state index in [0.717, 1.165) is 31.7 Å². The van der Waals surface area contributed by atoms with Gasteiger partial charge in [-0.1, -0.05) is 6.92 Å². The van der Waals surface area contributed by atoms with E-state index in [1.54, 1.807) is 12.1 Å². The molecule has 104 valence electrons. The van der Waals surface area contributed by atoms with Gasteiger partial charge in [-0.05, 0) is 31.0 Å². The second-order valence-electron chi connectivity index (χ2n) is 4.91. The van der Waals surface area contributed by atoms with Crippen molar-refractivity contribution in [2.45, 2.75) is 25.9 Å². The van der Waals surface area contributed by atoms with E-state index in [1.165, 1.54) is 0 Å². The van der Waals surface area contributed by atoms with Crippen molar-refractivity contribution in [2.75, 3.05) is 24.2 Å². The highest BCUT2D eigenvalue weighted by molar-refractivity contribution is 5.98. The number of carbonyl (C=O) groups excluding carboxylic acids is 1. The van der Waals surface area contributed by atoms with E-state index >= 15 is 0 Å². The van der Waals surface area contributed by atoms with Crippen molar-refractivity contribution in [3.8, 4) is 0 Å². The Morgan fingerprint density at radius 3 is 3.00 bits per heavy atom. The van der Waals surface area contributed by atoms with E-state index in [1.807, 2.05) is 6.07 Å². The van der Waals surface area contributed by atoms with Crippen LogP contribution in [0.5, 0.6) is 0 Å². The fourth-order valence-corrected chi connectivity index (χ4v) is 2.51. The van der Waals surface area contributed by atoms with Gasteiger partial charge in [-0.25, -0.2) is 0 Å². The fraction of sp³-hybridized carbons (Fsp3) is 0.500. The van der Waals surface area contributed by atoms with E-state index in [2.05, 4.69) is 12.2 Å². The number of rotatable bonds is 5. The molecule has 0 radical (unpaired) electrons. The van der Waals surface area contributed by atoms with E-state index in [0.29, 0.717) is 23.3 Å². The molecule has 1 aliphatic heterocycles. The summed E-state index contributed by atoms with van der Waals surface area (Å²) < 4.78 is 5.65. The molecular formula is C14H21N3O2. The smallest absolute Gasteiger partial charge is 0.250 e. The number of benzene rings is 1. The highest BCUT2D eigenvalue weighted by Gasteiger charge is 2.26. The standard InChI is InChI=1S/C14H21N3O2/c1-2-13-9(5-6-19-13)8-17-10-3-4-12(15)11(7-10)14(16)18/h3-4,7,9,13,17H,2,5-6,8,15H2,1H3,(H2,16,18). The minimum atomic E-state index is -0.503. The van der Waals surface area contributed by atoms with Crippen LogP contribution < -0.4 is 16.8 Å². The van der Waals surface area contributed by atoms with E-state index in [-0.39, 0.29) is 0 Å². The van der Waals surface area contributed by atoms with Crippen LogP contribution in [0.2, 0.25) is 0 Å². The van der Waals surface area contributed by atoms with Gasteiger partial charge in [-0.3, -0.25) is 4.79 Å². The number of hydrogen-bond acceptors (Lipinski definition) is 4. The molecule has 1 aromatic rings. The molecule has 0 bridgehead atoms. The zero-order chi connectivity index (χ0) is 13.8. The molecule has 0 aliphatic carbocycles. The van der Waals surface area contributed by atoms with Gasteiger partial charge in [0.2, 0.25) is 0 Å². The molecule has 2 unspecified atom stereocenters. The minimum Gasteiger partial charge on any atom is -0.398 e. The van der Waals surface area contributed by atoms with Gasteiger partial charge in [0.15, 0.2) is 0 Å². The topological polar surface area (TPSA) is 90.4 Å². The molecule has 1 heterocycles. The lowest BCUT2D eigenvalue weighted by molar-refractivity contribution is 0.0900. The Balaban J connectivity index is 2.00. The van der Waals surface area contributed by atoms with Crippen molar-refractivity contribution in [3.05, 3.63) is 23.8 Å². The SMILES string of the molecule is CCC1OCCC1CNc1ccc(N)c(C(N)=O)c1. The van der Waals surface area contributed by atoms with Gasteiger partial charge in [0.05, 0.1) is 11.7 Å². The number of amides is 1. The first-order chi connectivity index (χ1) is 9.11. The quantitative estimate of drug-likeness (QED) is 0.704. The Morgan fingerprint density at radius 1 is 1.53 bits per heavy atom. The summed E-state index contributed by atoms with van der Waals surface area (Å²) >= 11 is 0. The van der Waals surface area contributed by atoms with Gasteiger partial charge in [0.25, 0.3) is 5.91 Å². The molecule has 0 spiro atoms. The molecule has 5 heteroatoms. The average molecular weight is 263 g/mol. The first kappa shape index (κ1) is 13.7. The molecule has 2 rings (SSSR count). The molecule has 1 aromatic carbocycles. The van der Waals surface area contributed by atoms with Crippen LogP contribution in [0.3, 0.4) is 0 Å². The largest absolute Gasteiger partial charge is 0.398 e. The van der Waals surface area contributed by atoms with E-state index in [9.17, 15) is 4.79 Å². The lowest BCUT2D eigenvalue weighted by Crippen LogP contribution is -2.23. The third-order valence-corrected chi connectivity index (χ3v) is 3.64. The Bertz CT molecular complexity index is 462. The summed E-state index contributed by atoms with van der Waals surface area (Å²) in [4.78, 5) is 11.2.